The Hall–Kier alpha value is 0.545. The van der Waals surface area contributed by atoms with E-state index in [0.29, 0.717) is 0 Å². The Balaban J connectivity index is 1.93. The first-order valence-electron chi connectivity index (χ1n) is 10.9. The highest BCUT2D eigenvalue weighted by Gasteiger charge is 2.36. The van der Waals surface area contributed by atoms with E-state index < -0.39 is 0 Å². The van der Waals surface area contributed by atoms with Crippen molar-refractivity contribution in [3.8, 4) is 0 Å². The Labute approximate surface area is 161 Å². The van der Waals surface area contributed by atoms with Crippen molar-refractivity contribution >= 4 is 21.3 Å². The van der Waals surface area contributed by atoms with Gasteiger partial charge in [-0.3, -0.25) is 0 Å². The summed E-state index contributed by atoms with van der Waals surface area (Å²) in [5, 5.41) is 0. The second-order valence-corrected chi connectivity index (χ2v) is 11.5. The highest BCUT2D eigenvalue weighted by molar-refractivity contribution is 9.24. The lowest BCUT2D eigenvalue weighted by Crippen LogP contribution is -2.33. The van der Waals surface area contributed by atoms with Gasteiger partial charge in [0.15, 0.2) is 0 Å². The molecule has 0 aliphatic heterocycles. The second kappa shape index (κ2) is 9.47. The van der Waals surface area contributed by atoms with Crippen LogP contribution in [-0.4, -0.2) is 5.54 Å². The largest absolute Gasteiger partial charge is 0.223 e. The van der Waals surface area contributed by atoms with Crippen molar-refractivity contribution in [2.45, 2.75) is 92.7 Å². The van der Waals surface area contributed by atoms with Gasteiger partial charge in [0, 0.05) is 0 Å². The maximum atomic E-state index is 4.14. The van der Waals surface area contributed by atoms with Crippen LogP contribution >= 0.6 is 15.8 Å². The third-order valence-corrected chi connectivity index (χ3v) is 8.18. The van der Waals surface area contributed by atoms with Crippen LogP contribution in [0, 0.1) is 47.3 Å². The first-order valence-corrected chi connectivity index (χ1v) is 11.8. The Morgan fingerprint density at radius 2 is 1.12 bits per heavy atom. The fourth-order valence-electron chi connectivity index (χ4n) is 6.09. The zero-order valence-corrected chi connectivity index (χ0v) is 18.8. The minimum Gasteiger partial charge on any atom is -0.157 e. The van der Waals surface area contributed by atoms with Crippen LogP contribution in [0.15, 0.2) is 0 Å². The van der Waals surface area contributed by atoms with Gasteiger partial charge in [-0.1, -0.05) is 67.0 Å². The van der Waals surface area contributed by atoms with Crippen molar-refractivity contribution in [1.82, 2.24) is 0 Å². The van der Waals surface area contributed by atoms with E-state index in [1.807, 2.05) is 0 Å². The predicted octanol–water partition coefficient (Wildman–Crippen LogP) is 7.79. The molecule has 2 rings (SSSR count). The molecule has 0 aromatic rings. The molecule has 2 saturated carbocycles. The van der Waals surface area contributed by atoms with Gasteiger partial charge in [0.05, 0.1) is 0 Å². The van der Waals surface area contributed by atoms with Gasteiger partial charge in [-0.15, -0.1) is 0 Å². The first kappa shape index (κ1) is 20.9. The van der Waals surface area contributed by atoms with Crippen molar-refractivity contribution in [3.63, 3.8) is 0 Å². The van der Waals surface area contributed by atoms with Crippen LogP contribution in [-0.2, 0) is 0 Å². The van der Waals surface area contributed by atoms with Crippen LogP contribution in [0.3, 0.4) is 0 Å². The van der Waals surface area contributed by atoms with Crippen LogP contribution in [0.5, 0.6) is 0 Å². The second-order valence-electron chi connectivity index (χ2n) is 10.2. The number of hydrogen-bond acceptors (Lipinski definition) is 0. The number of hydrogen-bond donors (Lipinski definition) is 0. The molecule has 0 aromatic heterocycles. The molecule has 6 atom stereocenters. The van der Waals surface area contributed by atoms with Crippen LogP contribution in [0.4, 0.5) is 0 Å². The van der Waals surface area contributed by atoms with Crippen molar-refractivity contribution < 1.29 is 0 Å². The summed E-state index contributed by atoms with van der Waals surface area (Å²) < 4.78 is 0. The van der Waals surface area contributed by atoms with Gasteiger partial charge in [0.1, 0.15) is 0 Å². The van der Waals surface area contributed by atoms with Crippen LogP contribution in [0.25, 0.3) is 0 Å². The lowest BCUT2D eigenvalue weighted by molar-refractivity contribution is 0.152. The van der Waals surface area contributed by atoms with E-state index in [1.54, 1.807) is 0 Å². The van der Waals surface area contributed by atoms with E-state index in [4.69, 9.17) is 0 Å². The molecule has 2 fully saturated rings. The van der Waals surface area contributed by atoms with Crippen molar-refractivity contribution in [3.05, 3.63) is 0 Å². The summed E-state index contributed by atoms with van der Waals surface area (Å²) in [6, 6.07) is 0. The highest BCUT2D eigenvalue weighted by atomic mass is 79.9. The van der Waals surface area contributed by atoms with Crippen LogP contribution in [0.1, 0.15) is 80.1 Å². The van der Waals surface area contributed by atoms with Gasteiger partial charge in [-0.2, -0.15) is 15.8 Å². The molecule has 0 N–H and O–H groups in total. The lowest BCUT2D eigenvalue weighted by atomic mass is 9.53. The highest BCUT2D eigenvalue weighted by Crippen LogP contribution is 2.44. The van der Waals surface area contributed by atoms with Gasteiger partial charge in [-0.25, -0.2) is 0 Å². The topological polar surface area (TPSA) is 0 Å². The molecule has 2 heteroatoms. The first-order chi connectivity index (χ1) is 11.3. The lowest BCUT2D eigenvalue weighted by Gasteiger charge is -2.40. The molecule has 0 radical (unpaired) electrons. The molecule has 0 amide bonds. The summed E-state index contributed by atoms with van der Waals surface area (Å²) in [6.45, 7) is 14.8. The summed E-state index contributed by atoms with van der Waals surface area (Å²) in [6.07, 6.45) is 11.6. The van der Waals surface area contributed by atoms with E-state index in [2.05, 4.69) is 57.3 Å². The molecule has 24 heavy (non-hydrogen) atoms. The van der Waals surface area contributed by atoms with Gasteiger partial charge >= 0.3 is 0 Å². The molecule has 0 saturated heterocycles. The molecule has 0 nitrogen and oxygen atoms in total. The number of halogens is 1. The average molecular weight is 397 g/mol. The minimum absolute atomic E-state index is 0.741. The van der Waals surface area contributed by atoms with Gasteiger partial charge in [0.25, 0.3) is 0 Å². The van der Waals surface area contributed by atoms with Crippen LogP contribution in [0.2, 0.25) is 12.6 Å². The van der Waals surface area contributed by atoms with E-state index in [9.17, 15) is 0 Å². The van der Waals surface area contributed by atoms with Crippen molar-refractivity contribution in [2.75, 3.05) is 0 Å². The summed E-state index contributed by atoms with van der Waals surface area (Å²) in [5.41, 5.74) is 0.741. The van der Waals surface area contributed by atoms with Crippen LogP contribution < -0.4 is 0 Å². The number of rotatable bonds is 6. The predicted molar refractivity (Wildman–Crippen MR) is 114 cm³/mol. The van der Waals surface area contributed by atoms with Crippen molar-refractivity contribution in [1.29, 1.82) is 0 Å². The summed E-state index contributed by atoms with van der Waals surface area (Å²) in [4.78, 5) is 0. The van der Waals surface area contributed by atoms with E-state index in [1.165, 1.54) is 51.2 Å². The normalized spacial score (nSPS) is 37.9. The molecule has 0 aromatic carbocycles. The molecule has 0 spiro atoms. The molecule has 0 bridgehead atoms. The third-order valence-electron chi connectivity index (χ3n) is 7.44. The molecule has 6 unspecified atom stereocenters. The van der Waals surface area contributed by atoms with E-state index in [-0.39, 0.29) is 0 Å². The Morgan fingerprint density at radius 3 is 1.46 bits per heavy atom. The maximum Gasteiger partial charge on any atom is 0.223 e. The molecule has 140 valence electrons. The van der Waals surface area contributed by atoms with E-state index >= 15 is 0 Å². The molecular weight excluding hydrogens is 355 g/mol. The van der Waals surface area contributed by atoms with Crippen molar-refractivity contribution in [2.24, 2.45) is 47.3 Å². The Kier molecular flexibility index (Phi) is 8.23. The summed E-state index contributed by atoms with van der Waals surface area (Å²) in [7, 11) is 0. The van der Waals surface area contributed by atoms with E-state index in [0.717, 1.165) is 52.9 Å². The smallest absolute Gasteiger partial charge is 0.157 e. The Morgan fingerprint density at radius 1 is 0.750 bits per heavy atom. The average Bonchev–Trinajstić information content (AvgIpc) is 2.46. The SMILES string of the molecule is CC1CCC(C(C)C)C(CB(Br)CC2CC(C)CCC2C(C)C)C1. The quantitative estimate of drug-likeness (QED) is 0.401. The maximum absolute atomic E-state index is 4.14. The monoisotopic (exact) mass is 396 g/mol. The molecule has 2 aliphatic rings. The summed E-state index contributed by atoms with van der Waals surface area (Å²) in [5.74, 6) is 7.46. The summed E-state index contributed by atoms with van der Waals surface area (Å²) >= 11 is 4.14. The van der Waals surface area contributed by atoms with Gasteiger partial charge in [-0.05, 0) is 73.0 Å². The molecular formula is C22H42BBr. The Bertz CT molecular complexity index is 333. The zero-order valence-electron chi connectivity index (χ0n) is 17.2. The standard InChI is InChI=1S/C22H42BBr/c1-15(2)21-9-7-17(5)11-19(21)13-23(24)14-20-12-18(6)8-10-22(20)16(3)4/h15-22H,7-14H2,1-6H3. The fourth-order valence-corrected chi connectivity index (χ4v) is 7.06. The zero-order chi connectivity index (χ0) is 17.9. The third kappa shape index (κ3) is 5.78. The fraction of sp³-hybridized carbons (Fsp3) is 1.00. The van der Waals surface area contributed by atoms with Gasteiger partial charge in [0.2, 0.25) is 5.54 Å². The molecule has 0 heterocycles. The van der Waals surface area contributed by atoms with Gasteiger partial charge < -0.3 is 0 Å². The molecule has 2 aliphatic carbocycles. The minimum atomic E-state index is 0.741.